The average Bonchev–Trinajstić information content (AvgIpc) is 3.63. The lowest BCUT2D eigenvalue weighted by atomic mass is 9.80. The summed E-state index contributed by atoms with van der Waals surface area (Å²) in [5.74, 6) is 0.641. The highest BCUT2D eigenvalue weighted by molar-refractivity contribution is 6.14. The van der Waals surface area contributed by atoms with E-state index < -0.39 is 0 Å². The lowest BCUT2D eigenvalue weighted by Crippen LogP contribution is -2.15. The van der Waals surface area contributed by atoms with Crippen LogP contribution in [0.15, 0.2) is 120 Å². The van der Waals surface area contributed by atoms with Gasteiger partial charge in [0.25, 0.3) is 0 Å². The van der Waals surface area contributed by atoms with E-state index in [2.05, 4.69) is 97.3 Å². The molecule has 4 nitrogen and oxygen atoms in total. The van der Waals surface area contributed by atoms with Gasteiger partial charge in [-0.2, -0.15) is 0 Å². The molecule has 0 saturated heterocycles. The van der Waals surface area contributed by atoms with Crippen molar-refractivity contribution in [3.05, 3.63) is 126 Å². The number of hydrogen-bond acceptors (Lipinski definition) is 3. The van der Waals surface area contributed by atoms with Crippen molar-refractivity contribution in [1.29, 1.82) is 0 Å². The summed E-state index contributed by atoms with van der Waals surface area (Å²) in [5.41, 5.74) is 11.6. The Labute approximate surface area is 236 Å². The molecule has 0 radical (unpaired) electrons. The molecule has 0 aliphatic heterocycles. The van der Waals surface area contributed by atoms with Crippen molar-refractivity contribution >= 4 is 43.9 Å². The van der Waals surface area contributed by atoms with Crippen LogP contribution in [0.3, 0.4) is 0 Å². The van der Waals surface area contributed by atoms with Crippen LogP contribution in [-0.2, 0) is 5.41 Å². The van der Waals surface area contributed by atoms with E-state index in [4.69, 9.17) is 14.4 Å². The SMILES string of the molecule is CC1(C)c2ccccc2-c2ccc3c(c21)c1ccccc1n3-c1nc(-c2ccccc2)c2oc3ccccc3c2n1. The average molecular weight is 528 g/mol. The monoisotopic (exact) mass is 527 g/mol. The molecular weight excluding hydrogens is 502 g/mol. The molecular formula is C37H25N3O. The summed E-state index contributed by atoms with van der Waals surface area (Å²) >= 11 is 0. The highest BCUT2D eigenvalue weighted by atomic mass is 16.3. The molecule has 0 saturated carbocycles. The molecule has 8 aromatic rings. The fraction of sp³-hybridized carbons (Fsp3) is 0.0811. The van der Waals surface area contributed by atoms with Gasteiger partial charge in [-0.25, -0.2) is 9.97 Å². The van der Waals surface area contributed by atoms with Gasteiger partial charge in [0.1, 0.15) is 16.8 Å². The van der Waals surface area contributed by atoms with E-state index >= 15 is 0 Å². The molecule has 3 aromatic heterocycles. The molecule has 0 spiro atoms. The zero-order valence-electron chi connectivity index (χ0n) is 22.7. The van der Waals surface area contributed by atoms with Gasteiger partial charge in [-0.15, -0.1) is 0 Å². The predicted molar refractivity (Wildman–Crippen MR) is 167 cm³/mol. The second-order valence-electron chi connectivity index (χ2n) is 11.4. The van der Waals surface area contributed by atoms with Gasteiger partial charge in [-0.05, 0) is 46.5 Å². The lowest BCUT2D eigenvalue weighted by molar-refractivity contribution is 0.666. The standard InChI is InChI=1S/C37H25N3O/c1-37(2)27-17-9-6-14-23(27)24-20-21-29-31(32(24)37)25-15-7-10-18-28(25)40(29)36-38-33(22-12-4-3-5-13-22)35-34(39-36)26-16-8-11-19-30(26)41-35/h3-21H,1-2H3. The van der Waals surface area contributed by atoms with Crippen LogP contribution in [0.25, 0.3) is 72.2 Å². The normalized spacial score (nSPS) is 13.8. The Morgan fingerprint density at radius 1 is 0.634 bits per heavy atom. The summed E-state index contributed by atoms with van der Waals surface area (Å²) < 4.78 is 8.61. The Morgan fingerprint density at radius 2 is 1.37 bits per heavy atom. The molecule has 0 atom stereocenters. The number of hydrogen-bond donors (Lipinski definition) is 0. The molecule has 41 heavy (non-hydrogen) atoms. The van der Waals surface area contributed by atoms with Crippen LogP contribution in [0.4, 0.5) is 0 Å². The zero-order chi connectivity index (χ0) is 27.3. The second-order valence-corrected chi connectivity index (χ2v) is 11.4. The molecule has 0 amide bonds. The quantitative estimate of drug-likeness (QED) is 0.225. The topological polar surface area (TPSA) is 43.9 Å². The van der Waals surface area contributed by atoms with Crippen molar-refractivity contribution in [1.82, 2.24) is 14.5 Å². The van der Waals surface area contributed by atoms with E-state index in [0.29, 0.717) is 11.5 Å². The smallest absolute Gasteiger partial charge is 0.236 e. The van der Waals surface area contributed by atoms with Gasteiger partial charge in [0.2, 0.25) is 5.95 Å². The molecule has 1 aliphatic rings. The number of rotatable bonds is 2. The van der Waals surface area contributed by atoms with Gasteiger partial charge < -0.3 is 4.42 Å². The van der Waals surface area contributed by atoms with E-state index in [9.17, 15) is 0 Å². The Balaban J connectivity index is 1.43. The molecule has 3 heterocycles. The van der Waals surface area contributed by atoms with Gasteiger partial charge in [-0.3, -0.25) is 4.57 Å². The van der Waals surface area contributed by atoms with Gasteiger partial charge in [0.15, 0.2) is 5.58 Å². The van der Waals surface area contributed by atoms with Gasteiger partial charge in [-0.1, -0.05) is 105 Å². The minimum absolute atomic E-state index is 0.138. The van der Waals surface area contributed by atoms with Crippen LogP contribution in [0.2, 0.25) is 0 Å². The fourth-order valence-corrected chi connectivity index (χ4v) is 7.02. The molecule has 5 aromatic carbocycles. The summed E-state index contributed by atoms with van der Waals surface area (Å²) in [5, 5.41) is 3.46. The first-order chi connectivity index (χ1) is 20.1. The van der Waals surface area contributed by atoms with Crippen molar-refractivity contribution in [2.45, 2.75) is 19.3 Å². The van der Waals surface area contributed by atoms with Crippen molar-refractivity contribution in [3.8, 4) is 28.3 Å². The van der Waals surface area contributed by atoms with Crippen LogP contribution in [0.5, 0.6) is 0 Å². The summed E-state index contributed by atoms with van der Waals surface area (Å²) in [7, 11) is 0. The number of nitrogens with zero attached hydrogens (tertiary/aromatic N) is 3. The largest absolute Gasteiger partial charge is 0.452 e. The number of benzene rings is 5. The van der Waals surface area contributed by atoms with E-state index in [1.165, 1.54) is 33.0 Å². The summed E-state index contributed by atoms with van der Waals surface area (Å²) in [6.45, 7) is 4.69. The van der Waals surface area contributed by atoms with Gasteiger partial charge >= 0.3 is 0 Å². The minimum atomic E-state index is -0.138. The van der Waals surface area contributed by atoms with Crippen LogP contribution < -0.4 is 0 Å². The first kappa shape index (κ1) is 22.6. The summed E-state index contributed by atoms with van der Waals surface area (Å²) in [6, 6.07) is 40.3. The predicted octanol–water partition coefficient (Wildman–Crippen LogP) is 9.45. The van der Waals surface area contributed by atoms with Crippen molar-refractivity contribution < 1.29 is 4.42 Å². The molecule has 4 heteroatoms. The number of fused-ring (bicyclic) bond motifs is 10. The molecule has 1 aliphatic carbocycles. The third-order valence-corrected chi connectivity index (χ3v) is 8.81. The molecule has 0 N–H and O–H groups in total. The Kier molecular flexibility index (Phi) is 4.36. The second kappa shape index (κ2) is 7.92. The zero-order valence-corrected chi connectivity index (χ0v) is 22.7. The van der Waals surface area contributed by atoms with E-state index in [0.717, 1.165) is 38.8 Å². The maximum Gasteiger partial charge on any atom is 0.236 e. The number of para-hydroxylation sites is 2. The maximum absolute atomic E-state index is 6.37. The first-order valence-corrected chi connectivity index (χ1v) is 14.0. The number of furan rings is 1. The third kappa shape index (κ3) is 2.94. The van der Waals surface area contributed by atoms with Crippen molar-refractivity contribution in [2.75, 3.05) is 0 Å². The van der Waals surface area contributed by atoms with Gasteiger partial charge in [0.05, 0.1) is 11.0 Å². The highest BCUT2D eigenvalue weighted by Gasteiger charge is 2.38. The summed E-state index contributed by atoms with van der Waals surface area (Å²) in [6.07, 6.45) is 0. The van der Waals surface area contributed by atoms with E-state index in [1.54, 1.807) is 0 Å². The molecule has 0 fully saturated rings. The Hall–Kier alpha value is -5.22. The third-order valence-electron chi connectivity index (χ3n) is 8.81. The van der Waals surface area contributed by atoms with Crippen LogP contribution in [0, 0.1) is 0 Å². The van der Waals surface area contributed by atoms with Crippen molar-refractivity contribution in [3.63, 3.8) is 0 Å². The first-order valence-electron chi connectivity index (χ1n) is 14.0. The number of aromatic nitrogens is 3. The van der Waals surface area contributed by atoms with Crippen LogP contribution in [0.1, 0.15) is 25.0 Å². The minimum Gasteiger partial charge on any atom is -0.452 e. The molecule has 194 valence electrons. The van der Waals surface area contributed by atoms with Crippen LogP contribution >= 0.6 is 0 Å². The summed E-state index contributed by atoms with van der Waals surface area (Å²) in [4.78, 5) is 10.5. The highest BCUT2D eigenvalue weighted by Crippen LogP contribution is 2.53. The molecule has 0 unspecified atom stereocenters. The fourth-order valence-electron chi connectivity index (χ4n) is 7.02. The van der Waals surface area contributed by atoms with E-state index in [-0.39, 0.29) is 5.41 Å². The van der Waals surface area contributed by atoms with Crippen LogP contribution in [-0.4, -0.2) is 14.5 Å². The van der Waals surface area contributed by atoms with Crippen molar-refractivity contribution in [2.24, 2.45) is 0 Å². The molecule has 0 bridgehead atoms. The Bertz CT molecular complexity index is 2340. The lowest BCUT2D eigenvalue weighted by Gasteiger charge is -2.22. The maximum atomic E-state index is 6.37. The van der Waals surface area contributed by atoms with Gasteiger partial charge in [0, 0.05) is 27.1 Å². The Morgan fingerprint density at radius 3 is 2.24 bits per heavy atom. The van der Waals surface area contributed by atoms with E-state index in [1.807, 2.05) is 36.4 Å². The molecule has 9 rings (SSSR count).